The summed E-state index contributed by atoms with van der Waals surface area (Å²) in [6.45, 7) is 9.26. The van der Waals surface area contributed by atoms with Gasteiger partial charge in [0, 0.05) is 16.2 Å². The Morgan fingerprint density at radius 2 is 1.29 bits per heavy atom. The fourth-order valence-electron chi connectivity index (χ4n) is 5.20. The van der Waals surface area contributed by atoms with Gasteiger partial charge in [0.2, 0.25) is 0 Å². The van der Waals surface area contributed by atoms with Crippen molar-refractivity contribution in [2.24, 2.45) is 0 Å². The van der Waals surface area contributed by atoms with E-state index in [9.17, 15) is 0 Å². The van der Waals surface area contributed by atoms with Crippen LogP contribution in [-0.4, -0.2) is 0 Å². The van der Waals surface area contributed by atoms with Crippen LogP contribution in [0.4, 0.5) is 0 Å². The Morgan fingerprint density at radius 3 is 2.10 bits per heavy atom. The van der Waals surface area contributed by atoms with E-state index in [0.29, 0.717) is 5.92 Å². The van der Waals surface area contributed by atoms with Crippen LogP contribution in [0.2, 0.25) is 0 Å². The van der Waals surface area contributed by atoms with E-state index in [-0.39, 0.29) is 5.41 Å². The predicted molar refractivity (Wildman–Crippen MR) is 131 cm³/mol. The smallest absolute Gasteiger partial charge is 0.135 e. The van der Waals surface area contributed by atoms with Gasteiger partial charge in [-0.15, -0.1) is 0 Å². The average molecular weight is 403 g/mol. The second kappa shape index (κ2) is 6.34. The van der Waals surface area contributed by atoms with E-state index < -0.39 is 0 Å². The van der Waals surface area contributed by atoms with E-state index in [1.165, 1.54) is 49.7 Å². The summed E-state index contributed by atoms with van der Waals surface area (Å²) in [5.74, 6) is 0.539. The molecule has 152 valence electrons. The van der Waals surface area contributed by atoms with E-state index in [1.54, 1.807) is 0 Å². The van der Waals surface area contributed by atoms with Crippen LogP contribution in [0.3, 0.4) is 0 Å². The van der Waals surface area contributed by atoms with E-state index >= 15 is 0 Å². The molecule has 0 fully saturated rings. The van der Waals surface area contributed by atoms with Gasteiger partial charge in [-0.2, -0.15) is 0 Å². The summed E-state index contributed by atoms with van der Waals surface area (Å²) in [7, 11) is 0. The molecule has 0 N–H and O–H groups in total. The zero-order chi connectivity index (χ0) is 21.3. The molecule has 6 rings (SSSR count). The topological polar surface area (TPSA) is 13.1 Å². The molecule has 0 bridgehead atoms. The minimum absolute atomic E-state index is 0.00197. The minimum Gasteiger partial charge on any atom is -0.456 e. The van der Waals surface area contributed by atoms with Crippen molar-refractivity contribution in [2.75, 3.05) is 0 Å². The maximum Gasteiger partial charge on any atom is 0.135 e. The maximum absolute atomic E-state index is 6.02. The molecular weight excluding hydrogens is 376 g/mol. The van der Waals surface area contributed by atoms with Crippen molar-refractivity contribution in [3.8, 4) is 22.3 Å². The molecule has 1 aliphatic rings. The highest BCUT2D eigenvalue weighted by molar-refractivity contribution is 6.06. The summed E-state index contributed by atoms with van der Waals surface area (Å²) in [4.78, 5) is 0. The van der Waals surface area contributed by atoms with E-state index in [4.69, 9.17) is 4.42 Å². The molecule has 1 aromatic heterocycles. The Morgan fingerprint density at radius 1 is 0.645 bits per heavy atom. The molecule has 4 aromatic carbocycles. The summed E-state index contributed by atoms with van der Waals surface area (Å²) in [5, 5.41) is 2.35. The number of rotatable bonds is 2. The number of hydrogen-bond donors (Lipinski definition) is 0. The van der Waals surface area contributed by atoms with Crippen molar-refractivity contribution in [1.82, 2.24) is 0 Å². The molecule has 0 saturated carbocycles. The van der Waals surface area contributed by atoms with Crippen molar-refractivity contribution in [3.05, 3.63) is 95.6 Å². The van der Waals surface area contributed by atoms with Crippen molar-refractivity contribution in [1.29, 1.82) is 0 Å². The normalized spacial score (nSPS) is 14.4. The summed E-state index contributed by atoms with van der Waals surface area (Å²) in [5.41, 5.74) is 11.4. The fraction of sp³-hybridized carbons (Fsp3) is 0.200. The molecule has 0 radical (unpaired) electrons. The highest BCUT2D eigenvalue weighted by atomic mass is 16.3. The molecule has 0 atom stereocenters. The third-order valence-corrected chi connectivity index (χ3v) is 7.08. The lowest BCUT2D eigenvalue weighted by Crippen LogP contribution is -2.15. The Kier molecular flexibility index (Phi) is 3.77. The maximum atomic E-state index is 6.02. The second-order valence-electron chi connectivity index (χ2n) is 9.65. The van der Waals surface area contributed by atoms with Crippen molar-refractivity contribution in [3.63, 3.8) is 0 Å². The van der Waals surface area contributed by atoms with Gasteiger partial charge in [-0.25, -0.2) is 0 Å². The summed E-state index contributed by atoms with van der Waals surface area (Å²) < 4.78 is 6.02. The fourth-order valence-corrected chi connectivity index (χ4v) is 5.20. The van der Waals surface area contributed by atoms with Gasteiger partial charge in [0.15, 0.2) is 0 Å². The molecule has 1 heterocycles. The molecule has 1 nitrogen and oxygen atoms in total. The van der Waals surface area contributed by atoms with Crippen LogP contribution >= 0.6 is 0 Å². The second-order valence-corrected chi connectivity index (χ2v) is 9.65. The highest BCUT2D eigenvalue weighted by Crippen LogP contribution is 2.50. The van der Waals surface area contributed by atoms with Gasteiger partial charge in [-0.05, 0) is 69.1 Å². The van der Waals surface area contributed by atoms with Crippen LogP contribution in [0.15, 0.2) is 83.3 Å². The largest absolute Gasteiger partial charge is 0.456 e. The molecule has 0 saturated heterocycles. The zero-order valence-corrected chi connectivity index (χ0v) is 18.5. The lowest BCUT2D eigenvalue weighted by molar-refractivity contribution is 0.658. The monoisotopic (exact) mass is 402 g/mol. The van der Waals surface area contributed by atoms with Gasteiger partial charge in [0.1, 0.15) is 11.2 Å². The Labute approximate surface area is 183 Å². The SMILES string of the molecule is CC(C)c1ccc2c(c1)C(C)(C)c1cc(-c3ccc4oc5ccccc5c4c3)ccc1-2. The molecule has 5 aromatic rings. The van der Waals surface area contributed by atoms with E-state index in [0.717, 1.165) is 11.2 Å². The average Bonchev–Trinajstić information content (AvgIpc) is 3.26. The lowest BCUT2D eigenvalue weighted by Gasteiger charge is -2.23. The highest BCUT2D eigenvalue weighted by Gasteiger charge is 2.35. The first-order valence-corrected chi connectivity index (χ1v) is 11.1. The van der Waals surface area contributed by atoms with Crippen LogP contribution in [0.1, 0.15) is 50.3 Å². The Balaban J connectivity index is 1.51. The summed E-state index contributed by atoms with van der Waals surface area (Å²) in [6.07, 6.45) is 0. The summed E-state index contributed by atoms with van der Waals surface area (Å²) in [6, 6.07) is 28.8. The molecular formula is C30H26O. The van der Waals surface area contributed by atoms with Gasteiger partial charge >= 0.3 is 0 Å². The number of hydrogen-bond acceptors (Lipinski definition) is 1. The zero-order valence-electron chi connectivity index (χ0n) is 18.5. The predicted octanol–water partition coefficient (Wildman–Crippen LogP) is 8.68. The Hall–Kier alpha value is -3.32. The van der Waals surface area contributed by atoms with Crippen LogP contribution in [0, 0.1) is 0 Å². The van der Waals surface area contributed by atoms with Crippen molar-refractivity contribution in [2.45, 2.75) is 39.0 Å². The number of fused-ring (bicyclic) bond motifs is 6. The third kappa shape index (κ3) is 2.63. The van der Waals surface area contributed by atoms with Gasteiger partial charge in [-0.1, -0.05) is 82.3 Å². The van der Waals surface area contributed by atoms with E-state index in [2.05, 4.69) is 94.4 Å². The molecule has 31 heavy (non-hydrogen) atoms. The van der Waals surface area contributed by atoms with Crippen LogP contribution < -0.4 is 0 Å². The number of benzene rings is 4. The third-order valence-electron chi connectivity index (χ3n) is 7.08. The quantitative estimate of drug-likeness (QED) is 0.288. The molecule has 1 heteroatoms. The lowest BCUT2D eigenvalue weighted by atomic mass is 9.80. The van der Waals surface area contributed by atoms with Gasteiger partial charge < -0.3 is 4.42 Å². The van der Waals surface area contributed by atoms with Crippen LogP contribution in [-0.2, 0) is 5.41 Å². The molecule has 0 unspecified atom stereocenters. The van der Waals surface area contributed by atoms with E-state index in [1.807, 2.05) is 12.1 Å². The first kappa shape index (κ1) is 18.4. The molecule has 1 aliphatic carbocycles. The first-order chi connectivity index (χ1) is 14.9. The van der Waals surface area contributed by atoms with Gasteiger partial charge in [0.25, 0.3) is 0 Å². The molecule has 0 aliphatic heterocycles. The van der Waals surface area contributed by atoms with Crippen molar-refractivity contribution >= 4 is 21.9 Å². The first-order valence-electron chi connectivity index (χ1n) is 11.1. The molecule has 0 spiro atoms. The minimum atomic E-state index is -0.00197. The standard InChI is InChI=1S/C30H26O/c1-18(2)19-9-12-22-23-13-10-21(17-27(23)30(3,4)26(22)16-19)20-11-14-29-25(15-20)24-7-5-6-8-28(24)31-29/h5-18H,1-4H3. The Bertz CT molecular complexity index is 1480. The number of furan rings is 1. The van der Waals surface area contributed by atoms with Gasteiger partial charge in [-0.3, -0.25) is 0 Å². The molecule has 0 amide bonds. The van der Waals surface area contributed by atoms with Crippen LogP contribution in [0.5, 0.6) is 0 Å². The summed E-state index contributed by atoms with van der Waals surface area (Å²) >= 11 is 0. The number of para-hydroxylation sites is 1. The van der Waals surface area contributed by atoms with Gasteiger partial charge in [0.05, 0.1) is 0 Å². The van der Waals surface area contributed by atoms with Crippen LogP contribution in [0.25, 0.3) is 44.2 Å². The van der Waals surface area contributed by atoms with Crippen molar-refractivity contribution < 1.29 is 4.42 Å².